The lowest BCUT2D eigenvalue weighted by atomic mass is 10.1. The summed E-state index contributed by atoms with van der Waals surface area (Å²) in [4.78, 5) is 24.5. The highest BCUT2D eigenvalue weighted by atomic mass is 32.2. The van der Waals surface area contributed by atoms with Crippen molar-refractivity contribution in [2.24, 2.45) is 0 Å². The number of ether oxygens (including phenoxy) is 2. The number of Topliss-reactive ketones (excluding diaryl/α,β-unsaturated/α-hetero) is 1. The fourth-order valence-electron chi connectivity index (χ4n) is 3.45. The molecule has 1 heterocycles. The van der Waals surface area contributed by atoms with Crippen LogP contribution in [0.1, 0.15) is 28.4 Å². The molecule has 0 unspecified atom stereocenters. The minimum atomic E-state index is -4.04. The highest BCUT2D eigenvalue weighted by Crippen LogP contribution is 2.32. The Morgan fingerprint density at radius 1 is 0.941 bits per heavy atom. The van der Waals surface area contributed by atoms with Gasteiger partial charge in [0.2, 0.25) is 12.7 Å². The second-order valence-corrected chi connectivity index (χ2v) is 9.75. The Morgan fingerprint density at radius 2 is 1.62 bits per heavy atom. The van der Waals surface area contributed by atoms with E-state index in [1.54, 1.807) is 42.5 Å². The number of rotatable bonds is 8. The van der Waals surface area contributed by atoms with Crippen LogP contribution in [0.25, 0.3) is 0 Å². The smallest absolute Gasteiger partial charge is 0.264 e. The average molecular weight is 481 g/mol. The zero-order valence-electron chi connectivity index (χ0n) is 18.8. The summed E-state index contributed by atoms with van der Waals surface area (Å²) in [5.41, 5.74) is 2.43. The highest BCUT2D eigenvalue weighted by molar-refractivity contribution is 7.92. The average Bonchev–Trinajstić information content (AvgIpc) is 3.29. The molecule has 34 heavy (non-hydrogen) atoms. The van der Waals surface area contributed by atoms with Crippen molar-refractivity contribution < 1.29 is 27.5 Å². The molecule has 3 aromatic carbocycles. The molecule has 0 atom stereocenters. The van der Waals surface area contributed by atoms with Gasteiger partial charge >= 0.3 is 0 Å². The van der Waals surface area contributed by atoms with Crippen LogP contribution in [-0.4, -0.2) is 33.4 Å². The Balaban J connectivity index is 1.56. The van der Waals surface area contributed by atoms with Crippen molar-refractivity contribution in [1.82, 2.24) is 5.32 Å². The number of hydrogen-bond acceptors (Lipinski definition) is 6. The topological polar surface area (TPSA) is 102 Å². The van der Waals surface area contributed by atoms with Crippen LogP contribution in [-0.2, 0) is 21.4 Å². The molecule has 0 spiro atoms. The lowest BCUT2D eigenvalue weighted by Crippen LogP contribution is -2.40. The van der Waals surface area contributed by atoms with Crippen LogP contribution in [0.4, 0.5) is 5.69 Å². The molecular weight excluding hydrogens is 456 g/mol. The van der Waals surface area contributed by atoms with Crippen LogP contribution in [0.3, 0.4) is 0 Å². The molecule has 1 aliphatic heterocycles. The second kappa shape index (κ2) is 9.56. The van der Waals surface area contributed by atoms with Crippen LogP contribution in [0.15, 0.2) is 71.6 Å². The molecular formula is C25H24N2O6S. The molecule has 1 amide bonds. The van der Waals surface area contributed by atoms with E-state index in [1.807, 2.05) is 6.92 Å². The second-order valence-electron chi connectivity index (χ2n) is 7.89. The number of anilines is 1. The molecule has 0 saturated carbocycles. The first-order valence-corrected chi connectivity index (χ1v) is 12.0. The number of nitrogens with zero attached hydrogens (tertiary/aromatic N) is 1. The van der Waals surface area contributed by atoms with E-state index in [4.69, 9.17) is 9.47 Å². The minimum Gasteiger partial charge on any atom is -0.454 e. The van der Waals surface area contributed by atoms with Crippen LogP contribution in [0, 0.1) is 6.92 Å². The number of carbonyl (C=O) groups is 2. The van der Waals surface area contributed by atoms with Crippen molar-refractivity contribution >= 4 is 27.4 Å². The summed E-state index contributed by atoms with van der Waals surface area (Å²) in [5.74, 6) is 0.616. The van der Waals surface area contributed by atoms with E-state index in [0.29, 0.717) is 17.1 Å². The summed E-state index contributed by atoms with van der Waals surface area (Å²) in [6, 6.07) is 17.9. The van der Waals surface area contributed by atoms with Gasteiger partial charge in [-0.15, -0.1) is 0 Å². The number of aryl methyl sites for hydroxylation is 1. The first kappa shape index (κ1) is 23.3. The number of benzene rings is 3. The molecule has 0 radical (unpaired) electrons. The highest BCUT2D eigenvalue weighted by Gasteiger charge is 2.27. The minimum absolute atomic E-state index is 0.0670. The Hall–Kier alpha value is -3.85. The van der Waals surface area contributed by atoms with Gasteiger partial charge in [0, 0.05) is 12.1 Å². The fraction of sp³-hybridized carbons (Fsp3) is 0.200. The Kier molecular flexibility index (Phi) is 6.56. The largest absolute Gasteiger partial charge is 0.454 e. The number of fused-ring (bicyclic) bond motifs is 1. The van der Waals surface area contributed by atoms with Crippen LogP contribution in [0.2, 0.25) is 0 Å². The third-order valence-electron chi connectivity index (χ3n) is 5.38. The molecule has 176 valence electrons. The quantitative estimate of drug-likeness (QED) is 0.496. The summed E-state index contributed by atoms with van der Waals surface area (Å²) >= 11 is 0. The van der Waals surface area contributed by atoms with Crippen molar-refractivity contribution in [2.75, 3.05) is 17.6 Å². The number of sulfonamides is 1. The maximum absolute atomic E-state index is 13.4. The van der Waals surface area contributed by atoms with E-state index in [2.05, 4.69) is 5.32 Å². The van der Waals surface area contributed by atoms with Gasteiger partial charge in [-0.2, -0.15) is 0 Å². The van der Waals surface area contributed by atoms with Gasteiger partial charge in [-0.05, 0) is 67.9 Å². The Bertz CT molecular complexity index is 1320. The molecule has 0 bridgehead atoms. The summed E-state index contributed by atoms with van der Waals surface area (Å²) in [6.07, 6.45) is 0. The lowest BCUT2D eigenvalue weighted by molar-refractivity contribution is -0.119. The maximum atomic E-state index is 13.4. The maximum Gasteiger partial charge on any atom is 0.264 e. The molecule has 9 heteroatoms. The Morgan fingerprint density at radius 3 is 2.29 bits per heavy atom. The van der Waals surface area contributed by atoms with E-state index in [-0.39, 0.29) is 29.7 Å². The third kappa shape index (κ3) is 5.04. The first-order chi connectivity index (χ1) is 16.2. The zero-order chi connectivity index (χ0) is 24.3. The van der Waals surface area contributed by atoms with Crippen LogP contribution in [0.5, 0.6) is 11.5 Å². The van der Waals surface area contributed by atoms with Gasteiger partial charge < -0.3 is 14.8 Å². The molecule has 1 aliphatic rings. The van der Waals surface area contributed by atoms with E-state index < -0.39 is 22.5 Å². The normalized spacial score (nSPS) is 12.3. The van der Waals surface area contributed by atoms with Gasteiger partial charge in [0.15, 0.2) is 17.3 Å². The van der Waals surface area contributed by atoms with Crippen molar-refractivity contribution in [3.8, 4) is 11.5 Å². The Labute approximate surface area is 198 Å². The van der Waals surface area contributed by atoms with E-state index in [1.165, 1.54) is 31.2 Å². The zero-order valence-corrected chi connectivity index (χ0v) is 19.6. The summed E-state index contributed by atoms with van der Waals surface area (Å²) in [6.45, 7) is 3.20. The molecule has 1 N–H and O–H groups in total. The van der Waals surface area contributed by atoms with Gasteiger partial charge in [-0.3, -0.25) is 13.9 Å². The first-order valence-electron chi connectivity index (χ1n) is 10.6. The van der Waals surface area contributed by atoms with E-state index >= 15 is 0 Å². The van der Waals surface area contributed by atoms with Gasteiger partial charge in [0.25, 0.3) is 10.0 Å². The molecule has 0 fully saturated rings. The molecule has 4 rings (SSSR count). The van der Waals surface area contributed by atoms with Crippen molar-refractivity contribution in [3.63, 3.8) is 0 Å². The lowest BCUT2D eigenvalue weighted by Gasteiger charge is -2.24. The fourth-order valence-corrected chi connectivity index (χ4v) is 4.87. The molecule has 0 aliphatic carbocycles. The monoisotopic (exact) mass is 480 g/mol. The van der Waals surface area contributed by atoms with Crippen molar-refractivity contribution in [3.05, 3.63) is 83.4 Å². The summed E-state index contributed by atoms with van der Waals surface area (Å²) in [7, 11) is -4.04. The van der Waals surface area contributed by atoms with Crippen molar-refractivity contribution in [2.45, 2.75) is 25.3 Å². The number of ketones is 1. The number of hydrogen-bond donors (Lipinski definition) is 1. The number of amides is 1. The van der Waals surface area contributed by atoms with Crippen molar-refractivity contribution in [1.29, 1.82) is 0 Å². The molecule has 3 aromatic rings. The third-order valence-corrected chi connectivity index (χ3v) is 7.17. The van der Waals surface area contributed by atoms with E-state index in [9.17, 15) is 18.0 Å². The standard InChI is InChI=1S/C25H24N2O6S/c1-17-3-10-22(11-4-17)34(30,31)27(21-8-6-20(7-9-21)18(2)28)15-25(29)26-14-19-5-12-23-24(13-19)33-16-32-23/h3-13H,14-16H2,1-2H3,(H,26,29). The van der Waals surface area contributed by atoms with E-state index in [0.717, 1.165) is 15.4 Å². The van der Waals surface area contributed by atoms with Crippen LogP contribution >= 0.6 is 0 Å². The van der Waals surface area contributed by atoms with Gasteiger partial charge in [-0.1, -0.05) is 23.8 Å². The molecule has 8 nitrogen and oxygen atoms in total. The summed E-state index contributed by atoms with van der Waals surface area (Å²) in [5, 5.41) is 2.76. The number of carbonyl (C=O) groups excluding carboxylic acids is 2. The van der Waals surface area contributed by atoms with Gasteiger partial charge in [-0.25, -0.2) is 8.42 Å². The number of nitrogens with one attached hydrogen (secondary N) is 1. The summed E-state index contributed by atoms with van der Waals surface area (Å²) < 4.78 is 38.6. The predicted octanol–water partition coefficient (Wildman–Crippen LogP) is 3.44. The SMILES string of the molecule is CC(=O)c1ccc(N(CC(=O)NCc2ccc3c(c2)OCO3)S(=O)(=O)c2ccc(C)cc2)cc1. The molecule has 0 saturated heterocycles. The van der Waals surface area contributed by atoms with Gasteiger partial charge in [0.05, 0.1) is 10.6 Å². The van der Waals surface area contributed by atoms with Gasteiger partial charge in [0.1, 0.15) is 6.54 Å². The molecule has 0 aromatic heterocycles. The van der Waals surface area contributed by atoms with Crippen LogP contribution < -0.4 is 19.1 Å². The predicted molar refractivity (Wildman–Crippen MR) is 127 cm³/mol.